The monoisotopic (exact) mass is 479 g/mol. The maximum absolute atomic E-state index is 14.9. The molecule has 7 rings (SSSR count). The first-order chi connectivity index (χ1) is 18.2. The van der Waals surface area contributed by atoms with Crippen LogP contribution < -0.4 is 0 Å². The Hall–Kier alpha value is -4.76. The van der Waals surface area contributed by atoms with Crippen LogP contribution in [0.25, 0.3) is 66.2 Å². The third-order valence-electron chi connectivity index (χ3n) is 7.10. The quantitative estimate of drug-likeness (QED) is 0.236. The van der Waals surface area contributed by atoms with Gasteiger partial charge in [0, 0.05) is 39.0 Å². The van der Waals surface area contributed by atoms with Crippen LogP contribution in [0.4, 0.5) is 4.39 Å². The van der Waals surface area contributed by atoms with Crippen molar-refractivity contribution >= 4 is 32.5 Å². The number of rotatable bonds is 3. The minimum absolute atomic E-state index is 0.169. The molecule has 0 N–H and O–H groups in total. The van der Waals surface area contributed by atoms with Gasteiger partial charge in [-0.15, -0.1) is 0 Å². The van der Waals surface area contributed by atoms with Crippen LogP contribution >= 0.6 is 0 Å². The van der Waals surface area contributed by atoms with Crippen molar-refractivity contribution in [2.75, 3.05) is 0 Å². The Morgan fingerprint density at radius 2 is 1.30 bits per heavy atom. The van der Waals surface area contributed by atoms with Crippen LogP contribution in [0, 0.1) is 12.7 Å². The zero-order chi connectivity index (χ0) is 24.9. The number of fused-ring (bicyclic) bond motifs is 4. The van der Waals surface area contributed by atoms with Crippen molar-refractivity contribution in [1.29, 1.82) is 0 Å². The highest BCUT2D eigenvalue weighted by atomic mass is 19.1. The highest BCUT2D eigenvalue weighted by molar-refractivity contribution is 6.12. The van der Waals surface area contributed by atoms with Crippen molar-refractivity contribution in [2.45, 2.75) is 6.92 Å². The average Bonchev–Trinajstić information content (AvgIpc) is 3.39. The van der Waals surface area contributed by atoms with E-state index in [-0.39, 0.29) is 5.82 Å². The van der Waals surface area contributed by atoms with Gasteiger partial charge in [0.25, 0.3) is 0 Å². The number of halogens is 1. The van der Waals surface area contributed by atoms with Gasteiger partial charge in [0.1, 0.15) is 17.2 Å². The van der Waals surface area contributed by atoms with Crippen LogP contribution in [0.1, 0.15) is 5.56 Å². The van der Waals surface area contributed by atoms with E-state index in [9.17, 15) is 4.39 Å². The van der Waals surface area contributed by atoms with E-state index in [1.165, 1.54) is 0 Å². The van der Waals surface area contributed by atoms with Crippen LogP contribution in [0.3, 0.4) is 0 Å². The van der Waals surface area contributed by atoms with Crippen molar-refractivity contribution in [3.05, 3.63) is 127 Å². The molecule has 0 aliphatic carbocycles. The number of benzene rings is 5. The van der Waals surface area contributed by atoms with E-state index in [0.29, 0.717) is 10.9 Å². The Morgan fingerprint density at radius 3 is 2.08 bits per heavy atom. The lowest BCUT2D eigenvalue weighted by Crippen LogP contribution is -1.91. The van der Waals surface area contributed by atoms with E-state index in [2.05, 4.69) is 42.5 Å². The molecule has 2 heterocycles. The van der Waals surface area contributed by atoms with Crippen LogP contribution in [-0.4, -0.2) is 4.98 Å². The average molecular weight is 480 g/mol. The molecule has 0 radical (unpaired) electrons. The zero-order valence-electron chi connectivity index (χ0n) is 20.2. The molecule has 0 bridgehead atoms. The number of hydrogen-bond acceptors (Lipinski definition) is 2. The summed E-state index contributed by atoms with van der Waals surface area (Å²) in [5.74, 6) is 0.657. The minimum Gasteiger partial charge on any atom is -0.455 e. The Morgan fingerprint density at radius 1 is 0.622 bits per heavy atom. The molecular weight excluding hydrogens is 457 g/mol. The molecule has 0 spiro atoms. The lowest BCUT2D eigenvalue weighted by Gasteiger charge is -2.12. The molecule has 7 aromatic rings. The normalized spacial score (nSPS) is 11.5. The summed E-state index contributed by atoms with van der Waals surface area (Å²) in [7, 11) is 0. The first kappa shape index (κ1) is 21.5. The molecule has 2 aromatic heterocycles. The summed E-state index contributed by atoms with van der Waals surface area (Å²) in [6.07, 6.45) is 1.81. The van der Waals surface area contributed by atoms with Crippen LogP contribution in [0.5, 0.6) is 0 Å². The standard InChI is InChI=1S/C34H22FNO/c1-21-12-13-26-27-16-17-36-33(29(27)15-14-28(26)32(21)35)24-18-25-20-31(23-10-6-3-7-11-23)37-34(25)30(19-24)22-8-4-2-5-9-22/h2-20H,1H3. The summed E-state index contributed by atoms with van der Waals surface area (Å²) < 4.78 is 21.3. The summed E-state index contributed by atoms with van der Waals surface area (Å²) in [5.41, 5.74) is 6.46. The van der Waals surface area contributed by atoms with Crippen LogP contribution in [0.15, 0.2) is 120 Å². The Bertz CT molecular complexity index is 1940. The fraction of sp³-hybridized carbons (Fsp3) is 0.0294. The summed E-state index contributed by atoms with van der Waals surface area (Å²) in [6, 6.07) is 36.5. The summed E-state index contributed by atoms with van der Waals surface area (Å²) in [5, 5.41) is 4.51. The molecule has 2 nitrogen and oxygen atoms in total. The van der Waals surface area contributed by atoms with E-state index in [1.54, 1.807) is 6.92 Å². The van der Waals surface area contributed by atoms with Crippen molar-refractivity contribution in [1.82, 2.24) is 4.98 Å². The lowest BCUT2D eigenvalue weighted by atomic mass is 9.94. The zero-order valence-corrected chi connectivity index (χ0v) is 20.2. The fourth-order valence-electron chi connectivity index (χ4n) is 5.24. The summed E-state index contributed by atoms with van der Waals surface area (Å²) in [6.45, 7) is 1.80. The van der Waals surface area contributed by atoms with Crippen LogP contribution in [-0.2, 0) is 0 Å². The molecule has 3 heteroatoms. The molecule has 37 heavy (non-hydrogen) atoms. The van der Waals surface area contributed by atoms with Gasteiger partial charge >= 0.3 is 0 Å². The van der Waals surface area contributed by atoms with Crippen molar-refractivity contribution in [2.24, 2.45) is 0 Å². The molecule has 5 aromatic carbocycles. The van der Waals surface area contributed by atoms with Gasteiger partial charge in [-0.05, 0) is 53.1 Å². The van der Waals surface area contributed by atoms with Gasteiger partial charge in [-0.2, -0.15) is 0 Å². The number of aromatic nitrogens is 1. The molecule has 0 aliphatic rings. The molecule has 0 aliphatic heterocycles. The highest BCUT2D eigenvalue weighted by Gasteiger charge is 2.17. The molecule has 176 valence electrons. The predicted molar refractivity (Wildman–Crippen MR) is 150 cm³/mol. The Labute approximate surface area is 213 Å². The SMILES string of the molecule is Cc1ccc2c(ccc3c(-c4cc(-c5ccccc5)c5oc(-c6ccccc6)cc5c4)nccc32)c1F. The number of hydrogen-bond donors (Lipinski definition) is 0. The molecule has 0 unspecified atom stereocenters. The molecule has 0 amide bonds. The molecule has 0 atom stereocenters. The Kier molecular flexibility index (Phi) is 4.90. The van der Waals surface area contributed by atoms with Crippen LogP contribution in [0.2, 0.25) is 0 Å². The number of aryl methyl sites for hydroxylation is 1. The number of pyridine rings is 1. The van der Waals surface area contributed by atoms with Gasteiger partial charge < -0.3 is 4.42 Å². The van der Waals surface area contributed by atoms with E-state index in [1.807, 2.05) is 72.9 Å². The van der Waals surface area contributed by atoms with E-state index >= 15 is 0 Å². The smallest absolute Gasteiger partial charge is 0.142 e. The van der Waals surface area contributed by atoms with Crippen molar-refractivity contribution < 1.29 is 8.81 Å². The van der Waals surface area contributed by atoms with Gasteiger partial charge in [-0.1, -0.05) is 84.9 Å². The lowest BCUT2D eigenvalue weighted by molar-refractivity contribution is 0.631. The molecule has 0 saturated carbocycles. The second-order valence-electron chi connectivity index (χ2n) is 9.40. The third kappa shape index (κ3) is 3.51. The Balaban J connectivity index is 1.51. The molecular formula is C34H22FNO. The van der Waals surface area contributed by atoms with E-state index in [0.717, 1.165) is 60.8 Å². The van der Waals surface area contributed by atoms with Gasteiger partial charge in [-0.25, -0.2) is 4.39 Å². The van der Waals surface area contributed by atoms with Crippen molar-refractivity contribution in [3.8, 4) is 33.7 Å². The molecule has 0 fully saturated rings. The molecule has 0 saturated heterocycles. The second-order valence-corrected chi connectivity index (χ2v) is 9.40. The summed E-state index contributed by atoms with van der Waals surface area (Å²) >= 11 is 0. The maximum atomic E-state index is 14.9. The second kappa shape index (κ2) is 8.42. The van der Waals surface area contributed by atoms with Gasteiger partial charge in [0.15, 0.2) is 0 Å². The van der Waals surface area contributed by atoms with Gasteiger partial charge in [0.2, 0.25) is 0 Å². The minimum atomic E-state index is -0.169. The summed E-state index contributed by atoms with van der Waals surface area (Å²) in [4.78, 5) is 4.81. The van der Waals surface area contributed by atoms with E-state index < -0.39 is 0 Å². The fourth-order valence-corrected chi connectivity index (χ4v) is 5.24. The van der Waals surface area contributed by atoms with E-state index in [4.69, 9.17) is 9.40 Å². The van der Waals surface area contributed by atoms with Gasteiger partial charge in [-0.3, -0.25) is 4.98 Å². The van der Waals surface area contributed by atoms with Crippen molar-refractivity contribution in [3.63, 3.8) is 0 Å². The first-order valence-electron chi connectivity index (χ1n) is 12.3. The largest absolute Gasteiger partial charge is 0.455 e. The highest BCUT2D eigenvalue weighted by Crippen LogP contribution is 2.40. The number of furan rings is 1. The third-order valence-corrected chi connectivity index (χ3v) is 7.10. The first-order valence-corrected chi connectivity index (χ1v) is 12.3. The van der Waals surface area contributed by atoms with Gasteiger partial charge in [0.05, 0.1) is 5.69 Å². The maximum Gasteiger partial charge on any atom is 0.142 e. The topological polar surface area (TPSA) is 26.0 Å². The predicted octanol–water partition coefficient (Wildman–Crippen LogP) is 9.58. The number of nitrogens with zero attached hydrogens (tertiary/aromatic N) is 1.